The van der Waals surface area contributed by atoms with Crippen molar-refractivity contribution < 1.29 is 19.1 Å². The van der Waals surface area contributed by atoms with Gasteiger partial charge in [0.2, 0.25) is 0 Å². The highest BCUT2D eigenvalue weighted by atomic mass is 16.6. The molecule has 2 atom stereocenters. The van der Waals surface area contributed by atoms with Crippen LogP contribution in [0.4, 0.5) is 10.5 Å². The summed E-state index contributed by atoms with van der Waals surface area (Å²) in [4.78, 5) is 30.3. The number of ether oxygens (including phenoxy) is 2. The largest absolute Gasteiger partial charge is 0.469 e. The van der Waals surface area contributed by atoms with Gasteiger partial charge in [0, 0.05) is 23.6 Å². The van der Waals surface area contributed by atoms with Gasteiger partial charge in [-0.1, -0.05) is 32.1 Å². The average Bonchev–Trinajstić information content (AvgIpc) is 3.52. The van der Waals surface area contributed by atoms with Crippen LogP contribution in [0.2, 0.25) is 0 Å². The van der Waals surface area contributed by atoms with E-state index < -0.39 is 0 Å². The Hall–Kier alpha value is -3.75. The second-order valence-electron chi connectivity index (χ2n) is 9.73. The summed E-state index contributed by atoms with van der Waals surface area (Å²) in [6, 6.07) is 9.86. The number of methoxy groups -OCH3 is 1. The van der Waals surface area contributed by atoms with Gasteiger partial charge in [0.25, 0.3) is 0 Å². The van der Waals surface area contributed by atoms with E-state index in [1.54, 1.807) is 9.58 Å². The number of rotatable bonds is 5. The number of fused-ring (bicyclic) bond motifs is 3. The van der Waals surface area contributed by atoms with Crippen molar-refractivity contribution in [2.45, 2.75) is 57.6 Å². The molecule has 2 aromatic heterocycles. The van der Waals surface area contributed by atoms with Crippen LogP contribution in [0.25, 0.3) is 16.9 Å². The summed E-state index contributed by atoms with van der Waals surface area (Å²) in [5.74, 6) is 0.397. The lowest BCUT2D eigenvalue weighted by atomic mass is 9.93. The molecule has 0 unspecified atom stereocenters. The van der Waals surface area contributed by atoms with E-state index in [1.165, 1.54) is 7.11 Å². The fourth-order valence-electron chi connectivity index (χ4n) is 4.48. The fourth-order valence-corrected chi connectivity index (χ4v) is 4.48. The number of carbonyl (C=O) groups excluding carboxylic acids is 2. The summed E-state index contributed by atoms with van der Waals surface area (Å²) < 4.78 is 11.9. The van der Waals surface area contributed by atoms with Gasteiger partial charge in [0.1, 0.15) is 6.10 Å². The minimum Gasteiger partial charge on any atom is -0.469 e. The molecule has 0 radical (unpaired) electrons. The second kappa shape index (κ2) is 8.23. The SMILES string of the molecule is COC(=O)CC[C@@H]1OC(=O)N2c3ccc(-c4ccc(-n5cc(C(C)(C)C)nn5)nc4)cc3C[C@@H]12. The van der Waals surface area contributed by atoms with Crippen molar-refractivity contribution in [3.05, 3.63) is 54.0 Å². The minimum atomic E-state index is -0.361. The number of anilines is 1. The highest BCUT2D eigenvalue weighted by Crippen LogP contribution is 2.41. The molecule has 1 fully saturated rings. The molecule has 4 heterocycles. The first-order chi connectivity index (χ1) is 16.2. The quantitative estimate of drug-likeness (QED) is 0.533. The summed E-state index contributed by atoms with van der Waals surface area (Å²) in [5, 5.41) is 8.46. The third-order valence-corrected chi connectivity index (χ3v) is 6.42. The van der Waals surface area contributed by atoms with Gasteiger partial charge in [0.05, 0.1) is 30.7 Å². The summed E-state index contributed by atoms with van der Waals surface area (Å²) in [6.07, 6.45) is 4.39. The number of hydrogen-bond donors (Lipinski definition) is 0. The maximum atomic E-state index is 12.5. The van der Waals surface area contributed by atoms with Crippen molar-refractivity contribution in [2.75, 3.05) is 12.0 Å². The Morgan fingerprint density at radius 2 is 2.00 bits per heavy atom. The van der Waals surface area contributed by atoms with Gasteiger partial charge in [-0.05, 0) is 48.2 Å². The number of hydrogen-bond acceptors (Lipinski definition) is 7. The number of aromatic nitrogens is 4. The smallest absolute Gasteiger partial charge is 0.415 e. The van der Waals surface area contributed by atoms with E-state index in [0.29, 0.717) is 18.7 Å². The molecule has 0 spiro atoms. The first-order valence-corrected chi connectivity index (χ1v) is 11.3. The Bertz CT molecular complexity index is 1240. The highest BCUT2D eigenvalue weighted by molar-refractivity contribution is 5.94. The van der Waals surface area contributed by atoms with Crippen LogP contribution in [0.5, 0.6) is 0 Å². The Kier molecular flexibility index (Phi) is 5.34. The predicted molar refractivity (Wildman–Crippen MR) is 125 cm³/mol. The third kappa shape index (κ3) is 3.91. The number of carbonyl (C=O) groups is 2. The summed E-state index contributed by atoms with van der Waals surface area (Å²) in [5.41, 5.74) is 4.76. The molecule has 1 amide bonds. The number of pyridine rings is 1. The lowest BCUT2D eigenvalue weighted by molar-refractivity contribution is -0.141. The van der Waals surface area contributed by atoms with Crippen molar-refractivity contribution in [1.82, 2.24) is 20.0 Å². The Morgan fingerprint density at radius 1 is 1.21 bits per heavy atom. The maximum Gasteiger partial charge on any atom is 0.415 e. The van der Waals surface area contributed by atoms with E-state index in [2.05, 4.69) is 42.1 Å². The molecule has 2 aliphatic rings. The minimum absolute atomic E-state index is 0.0817. The lowest BCUT2D eigenvalue weighted by Crippen LogP contribution is -2.33. The van der Waals surface area contributed by atoms with Crippen molar-refractivity contribution in [2.24, 2.45) is 0 Å². The molecular weight excluding hydrogens is 434 g/mol. The molecular formula is C25H27N5O4. The molecule has 0 bridgehead atoms. The summed E-state index contributed by atoms with van der Waals surface area (Å²) >= 11 is 0. The van der Waals surface area contributed by atoms with Crippen LogP contribution in [0.15, 0.2) is 42.7 Å². The molecule has 1 saturated heterocycles. The zero-order valence-electron chi connectivity index (χ0n) is 19.7. The van der Waals surface area contributed by atoms with Crippen LogP contribution in [-0.4, -0.2) is 51.3 Å². The molecule has 0 saturated carbocycles. The van der Waals surface area contributed by atoms with E-state index in [4.69, 9.17) is 9.47 Å². The maximum absolute atomic E-state index is 12.5. The monoisotopic (exact) mass is 461 g/mol. The Balaban J connectivity index is 1.34. The van der Waals surface area contributed by atoms with Crippen LogP contribution >= 0.6 is 0 Å². The van der Waals surface area contributed by atoms with E-state index in [1.807, 2.05) is 36.7 Å². The van der Waals surface area contributed by atoms with Crippen molar-refractivity contribution >= 4 is 17.7 Å². The Labute approximate surface area is 197 Å². The first-order valence-electron chi connectivity index (χ1n) is 11.3. The van der Waals surface area contributed by atoms with Crippen molar-refractivity contribution in [1.29, 1.82) is 0 Å². The molecule has 9 nitrogen and oxygen atoms in total. The van der Waals surface area contributed by atoms with Crippen molar-refractivity contribution in [3.8, 4) is 16.9 Å². The van der Waals surface area contributed by atoms with Crippen LogP contribution in [0, 0.1) is 0 Å². The number of benzene rings is 1. The fraction of sp³-hybridized carbons (Fsp3) is 0.400. The molecule has 34 heavy (non-hydrogen) atoms. The first kappa shape index (κ1) is 22.1. The second-order valence-corrected chi connectivity index (χ2v) is 9.73. The molecule has 9 heteroatoms. The molecule has 0 N–H and O–H groups in total. The van der Waals surface area contributed by atoms with E-state index in [9.17, 15) is 9.59 Å². The third-order valence-electron chi connectivity index (χ3n) is 6.42. The van der Waals surface area contributed by atoms with Gasteiger partial charge < -0.3 is 9.47 Å². The zero-order chi connectivity index (χ0) is 24.0. The van der Waals surface area contributed by atoms with Crippen LogP contribution < -0.4 is 4.90 Å². The number of esters is 1. The van der Waals surface area contributed by atoms with E-state index >= 15 is 0 Å². The van der Waals surface area contributed by atoms with Crippen LogP contribution in [0.1, 0.15) is 44.9 Å². The molecule has 1 aromatic carbocycles. The molecule has 0 aliphatic carbocycles. The number of amides is 1. The van der Waals surface area contributed by atoms with Gasteiger partial charge in [-0.15, -0.1) is 5.10 Å². The van der Waals surface area contributed by atoms with Gasteiger partial charge in [0.15, 0.2) is 5.82 Å². The summed E-state index contributed by atoms with van der Waals surface area (Å²) in [7, 11) is 1.36. The van der Waals surface area contributed by atoms with Gasteiger partial charge in [-0.3, -0.25) is 9.69 Å². The topological polar surface area (TPSA) is 99.4 Å². The van der Waals surface area contributed by atoms with Crippen LogP contribution in [-0.2, 0) is 26.1 Å². The highest BCUT2D eigenvalue weighted by Gasteiger charge is 2.47. The molecule has 5 rings (SSSR count). The molecule has 3 aromatic rings. The number of nitrogens with zero attached hydrogens (tertiary/aromatic N) is 5. The van der Waals surface area contributed by atoms with Gasteiger partial charge >= 0.3 is 12.1 Å². The lowest BCUT2D eigenvalue weighted by Gasteiger charge is -2.16. The van der Waals surface area contributed by atoms with E-state index in [-0.39, 0.29) is 36.0 Å². The molecule has 176 valence electrons. The average molecular weight is 462 g/mol. The van der Waals surface area contributed by atoms with Gasteiger partial charge in [-0.2, -0.15) is 0 Å². The Morgan fingerprint density at radius 3 is 2.68 bits per heavy atom. The zero-order valence-corrected chi connectivity index (χ0v) is 19.7. The van der Waals surface area contributed by atoms with Crippen molar-refractivity contribution in [3.63, 3.8) is 0 Å². The predicted octanol–water partition coefficient (Wildman–Crippen LogP) is 3.83. The van der Waals surface area contributed by atoms with Crippen LogP contribution in [0.3, 0.4) is 0 Å². The van der Waals surface area contributed by atoms with Gasteiger partial charge in [-0.25, -0.2) is 14.5 Å². The normalized spacial score (nSPS) is 19.1. The standard InChI is InChI=1S/C25H27N5O4/c1-25(2,3)21-14-29(28-27-21)22-9-6-16(13-26-22)15-5-7-18-17(11-15)12-19-20(8-10-23(31)33-4)34-24(32)30(18)19/h5-7,9,11,13-14,19-20H,8,10,12H2,1-4H3/t19-,20-/m0/s1. The molecule has 2 aliphatic heterocycles. The summed E-state index contributed by atoms with van der Waals surface area (Å²) in [6.45, 7) is 6.28. The number of cyclic esters (lactones) is 1. The van der Waals surface area contributed by atoms with E-state index in [0.717, 1.165) is 28.1 Å².